The van der Waals surface area contributed by atoms with Gasteiger partial charge >= 0.3 is 0 Å². The van der Waals surface area contributed by atoms with E-state index in [1.165, 1.54) is 0 Å². The molecule has 0 amide bonds. The largest absolute Gasteiger partial charge is 0.380 e. The van der Waals surface area contributed by atoms with Gasteiger partial charge in [0.25, 0.3) is 0 Å². The summed E-state index contributed by atoms with van der Waals surface area (Å²) < 4.78 is 4.99. The smallest absolute Gasteiger partial charge is 0.0713 e. The molecule has 0 bridgehead atoms. The van der Waals surface area contributed by atoms with E-state index in [9.17, 15) is 0 Å². The third kappa shape index (κ3) is 2.36. The van der Waals surface area contributed by atoms with Crippen LogP contribution in [0.1, 0.15) is 11.1 Å². The minimum atomic E-state index is 0.585. The van der Waals surface area contributed by atoms with Crippen molar-refractivity contribution in [2.24, 2.45) is 0 Å². The molecular weight excluding hydrogens is 172 g/mol. The summed E-state index contributed by atoms with van der Waals surface area (Å²) in [6.07, 6.45) is 1.77. The standard InChI is InChI=1S/C10H11ClO/c1-3-8-4-9(7-12-2)6-10(11)5-8/h3-6H,1,7H2,2H3. The fraction of sp³-hybridized carbons (Fsp3) is 0.200. The molecule has 0 aliphatic carbocycles. The molecule has 64 valence electrons. The summed E-state index contributed by atoms with van der Waals surface area (Å²) in [6, 6.07) is 5.76. The van der Waals surface area contributed by atoms with Gasteiger partial charge in [0, 0.05) is 12.1 Å². The van der Waals surface area contributed by atoms with Gasteiger partial charge < -0.3 is 4.74 Å². The van der Waals surface area contributed by atoms with Crippen LogP contribution in [0.5, 0.6) is 0 Å². The Kier molecular flexibility index (Phi) is 3.32. The molecule has 1 nitrogen and oxygen atoms in total. The first-order chi connectivity index (χ1) is 5.76. The first kappa shape index (κ1) is 9.30. The van der Waals surface area contributed by atoms with Crippen molar-refractivity contribution in [3.05, 3.63) is 40.9 Å². The second-order valence-corrected chi connectivity index (χ2v) is 2.97. The lowest BCUT2D eigenvalue weighted by Crippen LogP contribution is -1.87. The molecule has 0 heterocycles. The van der Waals surface area contributed by atoms with Crippen LogP contribution in [0.15, 0.2) is 24.8 Å². The normalized spacial score (nSPS) is 9.83. The van der Waals surface area contributed by atoms with Gasteiger partial charge in [-0.2, -0.15) is 0 Å². The van der Waals surface area contributed by atoms with Gasteiger partial charge in [0.1, 0.15) is 0 Å². The summed E-state index contributed by atoms with van der Waals surface area (Å²) in [5.41, 5.74) is 2.09. The predicted octanol–water partition coefficient (Wildman–Crippen LogP) is 3.13. The first-order valence-corrected chi connectivity index (χ1v) is 4.05. The van der Waals surface area contributed by atoms with E-state index in [2.05, 4.69) is 6.58 Å². The Balaban J connectivity index is 2.97. The van der Waals surface area contributed by atoms with Crippen LogP contribution in [0.25, 0.3) is 6.08 Å². The molecule has 12 heavy (non-hydrogen) atoms. The molecule has 0 aliphatic heterocycles. The number of halogens is 1. The van der Waals surface area contributed by atoms with Gasteiger partial charge in [0.15, 0.2) is 0 Å². The van der Waals surface area contributed by atoms with Crippen molar-refractivity contribution in [3.63, 3.8) is 0 Å². The van der Waals surface area contributed by atoms with E-state index in [0.717, 1.165) is 16.1 Å². The Morgan fingerprint density at radius 2 is 2.25 bits per heavy atom. The molecule has 0 N–H and O–H groups in total. The lowest BCUT2D eigenvalue weighted by Gasteiger charge is -2.02. The minimum absolute atomic E-state index is 0.585. The van der Waals surface area contributed by atoms with E-state index in [1.54, 1.807) is 13.2 Å². The maximum absolute atomic E-state index is 5.86. The molecule has 0 saturated carbocycles. The molecule has 1 rings (SSSR count). The second kappa shape index (κ2) is 4.29. The second-order valence-electron chi connectivity index (χ2n) is 2.53. The fourth-order valence-corrected chi connectivity index (χ4v) is 1.31. The average molecular weight is 183 g/mol. The monoisotopic (exact) mass is 182 g/mol. The van der Waals surface area contributed by atoms with Gasteiger partial charge in [0.2, 0.25) is 0 Å². The van der Waals surface area contributed by atoms with Gasteiger partial charge in [-0.05, 0) is 29.3 Å². The van der Waals surface area contributed by atoms with Crippen LogP contribution in [-0.2, 0) is 11.3 Å². The van der Waals surface area contributed by atoms with E-state index in [-0.39, 0.29) is 0 Å². The summed E-state index contributed by atoms with van der Waals surface area (Å²) in [6.45, 7) is 4.26. The van der Waals surface area contributed by atoms with Crippen molar-refractivity contribution >= 4 is 17.7 Å². The van der Waals surface area contributed by atoms with E-state index in [4.69, 9.17) is 16.3 Å². The molecule has 2 heteroatoms. The van der Waals surface area contributed by atoms with Gasteiger partial charge in [0.05, 0.1) is 6.61 Å². The highest BCUT2D eigenvalue weighted by Crippen LogP contribution is 2.16. The maximum atomic E-state index is 5.86. The molecule has 0 spiro atoms. The Morgan fingerprint density at radius 1 is 1.50 bits per heavy atom. The summed E-state index contributed by atoms with van der Waals surface area (Å²) >= 11 is 5.86. The Labute approximate surface area is 77.6 Å². The molecule has 0 saturated heterocycles. The third-order valence-corrected chi connectivity index (χ3v) is 1.74. The van der Waals surface area contributed by atoms with Crippen LogP contribution < -0.4 is 0 Å². The summed E-state index contributed by atoms with van der Waals surface area (Å²) in [4.78, 5) is 0. The van der Waals surface area contributed by atoms with E-state index >= 15 is 0 Å². The third-order valence-electron chi connectivity index (χ3n) is 1.53. The first-order valence-electron chi connectivity index (χ1n) is 3.67. The van der Waals surface area contributed by atoms with E-state index in [0.29, 0.717) is 6.61 Å². The molecule has 0 unspecified atom stereocenters. The number of hydrogen-bond donors (Lipinski definition) is 0. The van der Waals surface area contributed by atoms with Crippen molar-refractivity contribution in [3.8, 4) is 0 Å². The summed E-state index contributed by atoms with van der Waals surface area (Å²) in [7, 11) is 1.66. The lowest BCUT2D eigenvalue weighted by atomic mass is 10.1. The molecule has 0 radical (unpaired) electrons. The van der Waals surface area contributed by atoms with Crippen LogP contribution in [0, 0.1) is 0 Å². The number of hydrogen-bond acceptors (Lipinski definition) is 1. The zero-order valence-corrected chi connectivity index (χ0v) is 7.77. The van der Waals surface area contributed by atoms with Crippen LogP contribution in [0.4, 0.5) is 0 Å². The molecular formula is C10H11ClO. The maximum Gasteiger partial charge on any atom is 0.0713 e. The van der Waals surface area contributed by atoms with Crippen molar-refractivity contribution < 1.29 is 4.74 Å². The Hall–Kier alpha value is -0.790. The highest BCUT2D eigenvalue weighted by atomic mass is 35.5. The zero-order chi connectivity index (χ0) is 8.97. The van der Waals surface area contributed by atoms with Crippen LogP contribution in [-0.4, -0.2) is 7.11 Å². The number of methoxy groups -OCH3 is 1. The van der Waals surface area contributed by atoms with Gasteiger partial charge in [-0.25, -0.2) is 0 Å². The van der Waals surface area contributed by atoms with Crippen LogP contribution in [0.3, 0.4) is 0 Å². The molecule has 1 aromatic carbocycles. The number of ether oxygens (including phenoxy) is 1. The van der Waals surface area contributed by atoms with Gasteiger partial charge in [-0.1, -0.05) is 24.3 Å². The molecule has 0 aromatic heterocycles. The van der Waals surface area contributed by atoms with Crippen LogP contribution >= 0.6 is 11.6 Å². The van der Waals surface area contributed by atoms with Crippen molar-refractivity contribution in [2.45, 2.75) is 6.61 Å². The number of rotatable bonds is 3. The Morgan fingerprint density at radius 3 is 2.83 bits per heavy atom. The molecule has 0 atom stereocenters. The van der Waals surface area contributed by atoms with Crippen molar-refractivity contribution in [1.29, 1.82) is 0 Å². The molecule has 0 aliphatic rings. The fourth-order valence-electron chi connectivity index (χ4n) is 1.04. The quantitative estimate of drug-likeness (QED) is 0.698. The topological polar surface area (TPSA) is 9.23 Å². The van der Waals surface area contributed by atoms with Gasteiger partial charge in [-0.3, -0.25) is 0 Å². The Bertz CT molecular complexity index is 281. The lowest BCUT2D eigenvalue weighted by molar-refractivity contribution is 0.185. The van der Waals surface area contributed by atoms with Crippen LogP contribution in [0.2, 0.25) is 5.02 Å². The SMILES string of the molecule is C=Cc1cc(Cl)cc(COC)c1. The van der Waals surface area contributed by atoms with Crippen molar-refractivity contribution in [1.82, 2.24) is 0 Å². The van der Waals surface area contributed by atoms with E-state index in [1.807, 2.05) is 18.2 Å². The predicted molar refractivity (Wildman–Crippen MR) is 52.3 cm³/mol. The molecule has 1 aromatic rings. The average Bonchev–Trinajstić information content (AvgIpc) is 2.04. The minimum Gasteiger partial charge on any atom is -0.380 e. The summed E-state index contributed by atoms with van der Waals surface area (Å²) in [5.74, 6) is 0. The highest BCUT2D eigenvalue weighted by Gasteiger charge is 1.96. The number of benzene rings is 1. The van der Waals surface area contributed by atoms with E-state index < -0.39 is 0 Å². The van der Waals surface area contributed by atoms with Crippen molar-refractivity contribution in [2.75, 3.05) is 7.11 Å². The zero-order valence-electron chi connectivity index (χ0n) is 7.01. The summed E-state index contributed by atoms with van der Waals surface area (Å²) in [5, 5.41) is 0.722. The van der Waals surface area contributed by atoms with Gasteiger partial charge in [-0.15, -0.1) is 0 Å². The molecule has 0 fully saturated rings. The highest BCUT2D eigenvalue weighted by molar-refractivity contribution is 6.30.